The SMILES string of the molecule is CCc1ccc(NC(=O)CSc2ncnc3c(-c4ccc(F)cc4)nsc23)cc1. The molecule has 0 radical (unpaired) electrons. The molecule has 2 aromatic carbocycles. The first-order valence-electron chi connectivity index (χ1n) is 9.02. The molecule has 2 heterocycles. The minimum Gasteiger partial charge on any atom is -0.325 e. The number of rotatable bonds is 6. The zero-order chi connectivity index (χ0) is 20.2. The van der Waals surface area contributed by atoms with Crippen molar-refractivity contribution in [3.63, 3.8) is 0 Å². The number of aryl methyl sites for hydroxylation is 1. The maximum Gasteiger partial charge on any atom is 0.234 e. The van der Waals surface area contributed by atoms with Gasteiger partial charge in [-0.2, -0.15) is 4.37 Å². The molecule has 2 aromatic heterocycles. The highest BCUT2D eigenvalue weighted by molar-refractivity contribution is 8.00. The number of nitrogens with one attached hydrogen (secondary N) is 1. The molecule has 4 rings (SSSR count). The maximum absolute atomic E-state index is 13.2. The van der Waals surface area contributed by atoms with Crippen LogP contribution in [0.3, 0.4) is 0 Å². The summed E-state index contributed by atoms with van der Waals surface area (Å²) < 4.78 is 18.5. The van der Waals surface area contributed by atoms with Gasteiger partial charge in [-0.3, -0.25) is 4.79 Å². The molecule has 0 aliphatic carbocycles. The average molecular weight is 425 g/mol. The van der Waals surface area contributed by atoms with Gasteiger partial charge in [-0.05, 0) is 59.9 Å². The fourth-order valence-electron chi connectivity index (χ4n) is 2.80. The number of fused-ring (bicyclic) bond motifs is 1. The summed E-state index contributed by atoms with van der Waals surface area (Å²) in [4.78, 5) is 21.0. The van der Waals surface area contributed by atoms with E-state index in [4.69, 9.17) is 0 Å². The topological polar surface area (TPSA) is 67.8 Å². The summed E-state index contributed by atoms with van der Waals surface area (Å²) in [5, 5.41) is 3.60. The van der Waals surface area contributed by atoms with Crippen molar-refractivity contribution in [3.8, 4) is 11.3 Å². The van der Waals surface area contributed by atoms with Crippen molar-refractivity contribution in [2.24, 2.45) is 0 Å². The van der Waals surface area contributed by atoms with Gasteiger partial charge < -0.3 is 5.32 Å². The normalized spacial score (nSPS) is 11.0. The van der Waals surface area contributed by atoms with E-state index in [9.17, 15) is 9.18 Å². The number of anilines is 1. The number of benzene rings is 2. The number of hydrogen-bond acceptors (Lipinski definition) is 6. The minimum atomic E-state index is -0.297. The highest BCUT2D eigenvalue weighted by Crippen LogP contribution is 2.34. The van der Waals surface area contributed by atoms with E-state index in [1.807, 2.05) is 24.3 Å². The molecule has 5 nitrogen and oxygen atoms in total. The quantitative estimate of drug-likeness (QED) is 0.341. The fourth-order valence-corrected chi connectivity index (χ4v) is 4.52. The molecule has 146 valence electrons. The third-order valence-corrected chi connectivity index (χ3v) is 6.29. The first-order valence-corrected chi connectivity index (χ1v) is 10.8. The van der Waals surface area contributed by atoms with Crippen LogP contribution in [-0.2, 0) is 11.2 Å². The molecule has 8 heteroatoms. The van der Waals surface area contributed by atoms with Crippen LogP contribution in [0.25, 0.3) is 21.5 Å². The summed E-state index contributed by atoms with van der Waals surface area (Å²) in [6.45, 7) is 2.09. The van der Waals surface area contributed by atoms with Crippen molar-refractivity contribution in [1.29, 1.82) is 0 Å². The summed E-state index contributed by atoms with van der Waals surface area (Å²) >= 11 is 2.62. The molecule has 29 heavy (non-hydrogen) atoms. The van der Waals surface area contributed by atoms with Gasteiger partial charge in [-0.25, -0.2) is 14.4 Å². The lowest BCUT2D eigenvalue weighted by Gasteiger charge is -2.06. The van der Waals surface area contributed by atoms with E-state index in [-0.39, 0.29) is 17.5 Å². The second kappa shape index (κ2) is 8.67. The molecule has 0 aliphatic heterocycles. The molecular formula is C21H17FN4OS2. The number of thioether (sulfide) groups is 1. The Morgan fingerprint density at radius 1 is 1.10 bits per heavy atom. The summed E-state index contributed by atoms with van der Waals surface area (Å²) in [5.41, 5.74) is 4.19. The van der Waals surface area contributed by atoms with Crippen molar-refractivity contribution in [1.82, 2.24) is 14.3 Å². The van der Waals surface area contributed by atoms with Crippen LogP contribution in [0.2, 0.25) is 0 Å². The van der Waals surface area contributed by atoms with Crippen molar-refractivity contribution in [3.05, 3.63) is 66.2 Å². The van der Waals surface area contributed by atoms with Crippen LogP contribution in [0.1, 0.15) is 12.5 Å². The molecule has 0 aliphatic rings. The Hall–Kier alpha value is -2.84. The van der Waals surface area contributed by atoms with Gasteiger partial charge in [0.05, 0.1) is 5.75 Å². The molecular weight excluding hydrogens is 407 g/mol. The van der Waals surface area contributed by atoms with Crippen LogP contribution in [0, 0.1) is 5.82 Å². The second-order valence-corrected chi connectivity index (χ2v) is 8.02. The lowest BCUT2D eigenvalue weighted by Crippen LogP contribution is -2.14. The zero-order valence-corrected chi connectivity index (χ0v) is 17.2. The summed E-state index contributed by atoms with van der Waals surface area (Å²) in [7, 11) is 0. The Kier molecular flexibility index (Phi) is 5.82. The van der Waals surface area contributed by atoms with Crippen LogP contribution >= 0.6 is 23.3 Å². The minimum absolute atomic E-state index is 0.103. The molecule has 0 unspecified atom stereocenters. The Bertz CT molecular complexity index is 1140. The van der Waals surface area contributed by atoms with Gasteiger partial charge in [0.15, 0.2) is 0 Å². The Labute approximate surface area is 175 Å². The number of hydrogen-bond donors (Lipinski definition) is 1. The number of halogens is 1. The summed E-state index contributed by atoms with van der Waals surface area (Å²) in [5.74, 6) is -0.172. The second-order valence-electron chi connectivity index (χ2n) is 6.28. The predicted octanol–water partition coefficient (Wildman–Crippen LogP) is 5.19. The number of aromatic nitrogens is 3. The van der Waals surface area contributed by atoms with E-state index in [2.05, 4.69) is 26.6 Å². The lowest BCUT2D eigenvalue weighted by molar-refractivity contribution is -0.113. The Morgan fingerprint density at radius 3 is 2.59 bits per heavy atom. The third kappa shape index (κ3) is 4.44. The highest BCUT2D eigenvalue weighted by Gasteiger charge is 2.15. The number of amides is 1. The average Bonchev–Trinajstić information content (AvgIpc) is 3.18. The molecule has 0 atom stereocenters. The predicted molar refractivity (Wildman–Crippen MR) is 116 cm³/mol. The monoisotopic (exact) mass is 424 g/mol. The van der Waals surface area contributed by atoms with E-state index in [0.717, 1.165) is 22.4 Å². The van der Waals surface area contributed by atoms with E-state index in [1.165, 1.54) is 47.3 Å². The third-order valence-electron chi connectivity index (χ3n) is 4.33. The molecule has 1 N–H and O–H groups in total. The summed E-state index contributed by atoms with van der Waals surface area (Å²) in [6, 6.07) is 14.0. The fraction of sp³-hybridized carbons (Fsp3) is 0.143. The van der Waals surface area contributed by atoms with Crippen molar-refractivity contribution in [2.45, 2.75) is 18.4 Å². The van der Waals surface area contributed by atoms with E-state index >= 15 is 0 Å². The van der Waals surface area contributed by atoms with Crippen LogP contribution in [0.4, 0.5) is 10.1 Å². The molecule has 0 saturated carbocycles. The van der Waals surface area contributed by atoms with Gasteiger partial charge >= 0.3 is 0 Å². The molecule has 0 saturated heterocycles. The van der Waals surface area contributed by atoms with Crippen LogP contribution in [0.15, 0.2) is 59.9 Å². The van der Waals surface area contributed by atoms with E-state index < -0.39 is 0 Å². The first-order chi connectivity index (χ1) is 14.1. The Morgan fingerprint density at radius 2 is 1.86 bits per heavy atom. The van der Waals surface area contributed by atoms with Crippen molar-refractivity contribution < 1.29 is 9.18 Å². The number of carbonyl (C=O) groups excluding carboxylic acids is 1. The van der Waals surface area contributed by atoms with Gasteiger partial charge in [0, 0.05) is 11.3 Å². The molecule has 4 aromatic rings. The largest absolute Gasteiger partial charge is 0.325 e. The Balaban J connectivity index is 1.48. The van der Waals surface area contributed by atoms with Gasteiger partial charge in [-0.1, -0.05) is 30.8 Å². The van der Waals surface area contributed by atoms with Gasteiger partial charge in [0.2, 0.25) is 5.91 Å². The highest BCUT2D eigenvalue weighted by atomic mass is 32.2. The number of carbonyl (C=O) groups is 1. The number of nitrogens with zero attached hydrogens (tertiary/aromatic N) is 3. The van der Waals surface area contributed by atoms with Crippen LogP contribution < -0.4 is 5.32 Å². The van der Waals surface area contributed by atoms with Crippen LogP contribution in [-0.4, -0.2) is 26.0 Å². The van der Waals surface area contributed by atoms with Crippen molar-refractivity contribution in [2.75, 3.05) is 11.1 Å². The van der Waals surface area contributed by atoms with Gasteiger partial charge in [0.25, 0.3) is 0 Å². The lowest BCUT2D eigenvalue weighted by atomic mass is 10.1. The van der Waals surface area contributed by atoms with E-state index in [1.54, 1.807) is 12.1 Å². The standard InChI is InChI=1S/C21H17FN4OS2/c1-2-13-3-9-16(10-4-13)25-17(27)11-28-21-20-19(23-12-24-21)18(26-29-20)14-5-7-15(22)8-6-14/h3-10,12H,2,11H2,1H3,(H,25,27). The molecule has 0 fully saturated rings. The zero-order valence-electron chi connectivity index (χ0n) is 15.6. The molecule has 0 bridgehead atoms. The maximum atomic E-state index is 13.2. The van der Waals surface area contributed by atoms with E-state index in [0.29, 0.717) is 16.2 Å². The first kappa shape index (κ1) is 19.5. The smallest absolute Gasteiger partial charge is 0.234 e. The van der Waals surface area contributed by atoms with Crippen LogP contribution in [0.5, 0.6) is 0 Å². The summed E-state index contributed by atoms with van der Waals surface area (Å²) in [6.07, 6.45) is 2.43. The molecule has 0 spiro atoms. The molecule has 1 amide bonds. The van der Waals surface area contributed by atoms with Gasteiger partial charge in [-0.15, -0.1) is 0 Å². The van der Waals surface area contributed by atoms with Gasteiger partial charge in [0.1, 0.15) is 33.1 Å². The van der Waals surface area contributed by atoms with Crippen molar-refractivity contribution >= 4 is 45.1 Å².